The molecule has 1 atom stereocenters. The number of ether oxygens (including phenoxy) is 1. The molecule has 37 heavy (non-hydrogen) atoms. The zero-order valence-corrected chi connectivity index (χ0v) is 20.3. The van der Waals surface area contributed by atoms with Gasteiger partial charge in [0.05, 0.1) is 7.11 Å². The fraction of sp³-hybridized carbons (Fsp3) is 0.172. The van der Waals surface area contributed by atoms with E-state index >= 15 is 0 Å². The zero-order chi connectivity index (χ0) is 25.8. The van der Waals surface area contributed by atoms with Crippen LogP contribution in [0.5, 0.6) is 5.75 Å². The van der Waals surface area contributed by atoms with Crippen LogP contribution >= 0.6 is 0 Å². The Morgan fingerprint density at radius 3 is 2.62 bits per heavy atom. The third-order valence-electron chi connectivity index (χ3n) is 6.40. The zero-order valence-electron chi connectivity index (χ0n) is 20.3. The van der Waals surface area contributed by atoms with Crippen LogP contribution in [0, 0.1) is 5.82 Å². The average Bonchev–Trinajstić information content (AvgIpc) is 3.52. The van der Waals surface area contributed by atoms with Crippen molar-refractivity contribution in [3.63, 3.8) is 0 Å². The molecule has 2 aromatic heterocycles. The minimum atomic E-state index is -0.791. The molecule has 0 aliphatic rings. The third-order valence-corrected chi connectivity index (χ3v) is 6.40. The number of methoxy groups -OCH3 is 1. The lowest BCUT2D eigenvalue weighted by molar-refractivity contribution is -0.122. The second-order valence-corrected chi connectivity index (χ2v) is 8.90. The van der Waals surface area contributed by atoms with Gasteiger partial charge in [0.25, 0.3) is 5.91 Å². The van der Waals surface area contributed by atoms with Crippen molar-refractivity contribution >= 4 is 33.6 Å². The summed E-state index contributed by atoms with van der Waals surface area (Å²) in [5.74, 6) is -0.329. The summed E-state index contributed by atoms with van der Waals surface area (Å²) in [4.78, 5) is 32.5. The van der Waals surface area contributed by atoms with Crippen LogP contribution in [0.25, 0.3) is 21.8 Å². The summed E-state index contributed by atoms with van der Waals surface area (Å²) in [5, 5.41) is 7.44. The lowest BCUT2D eigenvalue weighted by Crippen LogP contribution is -2.48. The first-order valence-electron chi connectivity index (χ1n) is 12.0. The van der Waals surface area contributed by atoms with Gasteiger partial charge < -0.3 is 25.3 Å². The van der Waals surface area contributed by atoms with Crippen LogP contribution in [-0.2, 0) is 17.6 Å². The van der Waals surface area contributed by atoms with Crippen LogP contribution in [0.4, 0.5) is 4.39 Å². The second-order valence-electron chi connectivity index (χ2n) is 8.90. The average molecular weight is 499 g/mol. The first-order chi connectivity index (χ1) is 18.0. The molecule has 0 aliphatic carbocycles. The van der Waals surface area contributed by atoms with Gasteiger partial charge in [-0.15, -0.1) is 0 Å². The van der Waals surface area contributed by atoms with Gasteiger partial charge in [-0.1, -0.05) is 30.3 Å². The molecular formula is C29H27FN4O3. The van der Waals surface area contributed by atoms with Crippen molar-refractivity contribution in [1.82, 2.24) is 20.6 Å². The van der Waals surface area contributed by atoms with Gasteiger partial charge in [0.2, 0.25) is 5.91 Å². The number of rotatable bonds is 9. The molecule has 2 heterocycles. The van der Waals surface area contributed by atoms with E-state index in [9.17, 15) is 14.0 Å². The molecule has 8 heteroatoms. The SMILES string of the molecule is COc1ccc2[nH]cc(CCNC(=O)C(Cc3ccccc3)NC(=O)c3cc4cc(F)ccc4[nH]3)c2c1. The van der Waals surface area contributed by atoms with Crippen LogP contribution in [0.3, 0.4) is 0 Å². The van der Waals surface area contributed by atoms with Gasteiger partial charge in [-0.2, -0.15) is 0 Å². The predicted octanol–water partition coefficient (Wildman–Crippen LogP) is 4.50. The largest absolute Gasteiger partial charge is 0.497 e. The van der Waals surface area contributed by atoms with Gasteiger partial charge in [-0.25, -0.2) is 4.39 Å². The first kappa shape index (κ1) is 24.1. The maximum absolute atomic E-state index is 13.6. The summed E-state index contributed by atoms with van der Waals surface area (Å²) < 4.78 is 18.9. The normalized spacial score (nSPS) is 11.9. The van der Waals surface area contributed by atoms with Crippen molar-refractivity contribution in [3.05, 3.63) is 102 Å². The molecule has 0 saturated heterocycles. The van der Waals surface area contributed by atoms with E-state index in [0.717, 1.165) is 27.8 Å². The van der Waals surface area contributed by atoms with E-state index in [-0.39, 0.29) is 17.4 Å². The number of carbonyl (C=O) groups is 2. The number of nitrogens with one attached hydrogen (secondary N) is 4. The Morgan fingerprint density at radius 1 is 1.00 bits per heavy atom. The summed E-state index contributed by atoms with van der Waals surface area (Å²) in [5.41, 5.74) is 3.88. The summed E-state index contributed by atoms with van der Waals surface area (Å²) >= 11 is 0. The molecule has 4 N–H and O–H groups in total. The van der Waals surface area contributed by atoms with Crippen LogP contribution in [0.1, 0.15) is 21.6 Å². The molecule has 0 radical (unpaired) electrons. The standard InChI is InChI=1S/C29H27FN4O3/c1-37-22-8-10-25-23(16-22)19(17-32-25)11-12-31-28(35)26(13-18-5-3-2-4-6-18)34-29(36)27-15-20-14-21(30)7-9-24(20)33-27/h2-10,14-17,26,32-33H,11-13H2,1H3,(H,31,35)(H,34,36). The Bertz CT molecular complexity index is 1560. The summed E-state index contributed by atoms with van der Waals surface area (Å²) in [7, 11) is 1.63. The van der Waals surface area contributed by atoms with Gasteiger partial charge in [0.1, 0.15) is 23.3 Å². The van der Waals surface area contributed by atoms with E-state index in [2.05, 4.69) is 20.6 Å². The van der Waals surface area contributed by atoms with Crippen LogP contribution in [0.15, 0.2) is 79.0 Å². The van der Waals surface area contributed by atoms with E-state index in [1.807, 2.05) is 54.7 Å². The Morgan fingerprint density at radius 2 is 1.81 bits per heavy atom. The molecule has 188 valence electrons. The number of fused-ring (bicyclic) bond motifs is 2. The number of benzene rings is 3. The van der Waals surface area contributed by atoms with Crippen molar-refractivity contribution in [3.8, 4) is 5.75 Å². The highest BCUT2D eigenvalue weighted by atomic mass is 19.1. The Balaban J connectivity index is 1.29. The Hall–Kier alpha value is -4.59. The molecular weight excluding hydrogens is 471 g/mol. The van der Waals surface area contributed by atoms with E-state index in [0.29, 0.717) is 30.3 Å². The fourth-order valence-corrected chi connectivity index (χ4v) is 4.46. The van der Waals surface area contributed by atoms with Gasteiger partial charge >= 0.3 is 0 Å². The van der Waals surface area contributed by atoms with Crippen LogP contribution in [-0.4, -0.2) is 41.5 Å². The Kier molecular flexibility index (Phi) is 6.89. The third kappa shape index (κ3) is 5.48. The van der Waals surface area contributed by atoms with E-state index in [1.54, 1.807) is 19.2 Å². The monoisotopic (exact) mass is 498 g/mol. The van der Waals surface area contributed by atoms with Crippen molar-refractivity contribution < 1.29 is 18.7 Å². The van der Waals surface area contributed by atoms with Gasteiger partial charge in [0.15, 0.2) is 0 Å². The van der Waals surface area contributed by atoms with Crippen molar-refractivity contribution in [2.75, 3.05) is 13.7 Å². The predicted molar refractivity (Wildman–Crippen MR) is 141 cm³/mol. The number of amides is 2. The number of aromatic amines is 2. The molecule has 3 aromatic carbocycles. The van der Waals surface area contributed by atoms with E-state index < -0.39 is 11.9 Å². The van der Waals surface area contributed by atoms with Gasteiger partial charge in [-0.05, 0) is 60.0 Å². The van der Waals surface area contributed by atoms with Crippen LogP contribution in [0.2, 0.25) is 0 Å². The van der Waals surface area contributed by atoms with Crippen molar-refractivity contribution in [2.24, 2.45) is 0 Å². The van der Waals surface area contributed by atoms with E-state index in [4.69, 9.17) is 4.74 Å². The molecule has 1 unspecified atom stereocenters. The highest BCUT2D eigenvalue weighted by molar-refractivity contribution is 6.00. The molecule has 0 bridgehead atoms. The maximum atomic E-state index is 13.6. The second kappa shape index (κ2) is 10.6. The quantitative estimate of drug-likeness (QED) is 0.241. The van der Waals surface area contributed by atoms with Crippen molar-refractivity contribution in [2.45, 2.75) is 18.9 Å². The lowest BCUT2D eigenvalue weighted by Gasteiger charge is -2.18. The van der Waals surface area contributed by atoms with Gasteiger partial charge in [0, 0.05) is 41.0 Å². The Labute approximate surface area is 213 Å². The molecule has 2 amide bonds. The topological polar surface area (TPSA) is 99.0 Å². The molecule has 7 nitrogen and oxygen atoms in total. The smallest absolute Gasteiger partial charge is 0.268 e. The number of halogens is 1. The summed E-state index contributed by atoms with van der Waals surface area (Å²) in [6, 6.07) is 20.4. The molecule has 5 rings (SSSR count). The van der Waals surface area contributed by atoms with Crippen molar-refractivity contribution in [1.29, 1.82) is 0 Å². The summed E-state index contributed by atoms with van der Waals surface area (Å²) in [6.07, 6.45) is 2.87. The van der Waals surface area contributed by atoms with E-state index in [1.165, 1.54) is 12.1 Å². The van der Waals surface area contributed by atoms with Gasteiger partial charge in [-0.3, -0.25) is 9.59 Å². The molecule has 0 aliphatic heterocycles. The molecule has 0 fully saturated rings. The number of hydrogen-bond acceptors (Lipinski definition) is 3. The molecule has 0 saturated carbocycles. The highest BCUT2D eigenvalue weighted by Crippen LogP contribution is 2.24. The number of H-pyrrole nitrogens is 2. The molecule has 5 aromatic rings. The highest BCUT2D eigenvalue weighted by Gasteiger charge is 2.23. The minimum Gasteiger partial charge on any atom is -0.497 e. The number of aromatic nitrogens is 2. The number of hydrogen-bond donors (Lipinski definition) is 4. The maximum Gasteiger partial charge on any atom is 0.268 e. The lowest BCUT2D eigenvalue weighted by atomic mass is 10.0. The fourth-order valence-electron chi connectivity index (χ4n) is 4.46. The molecule has 0 spiro atoms. The van der Waals surface area contributed by atoms with Crippen LogP contribution < -0.4 is 15.4 Å². The number of carbonyl (C=O) groups excluding carboxylic acids is 2. The first-order valence-corrected chi connectivity index (χ1v) is 12.0. The summed E-state index contributed by atoms with van der Waals surface area (Å²) in [6.45, 7) is 0.399. The minimum absolute atomic E-state index is 0.263.